The average Bonchev–Trinajstić information content (AvgIpc) is 2.13. The maximum Gasteiger partial charge on any atom is 0.353 e. The van der Waals surface area contributed by atoms with Gasteiger partial charge in [0.1, 0.15) is 0 Å². The van der Waals surface area contributed by atoms with Crippen LogP contribution in [-0.4, -0.2) is 20.8 Å². The minimum Gasteiger partial charge on any atom is -0.316 e. The highest BCUT2D eigenvalue weighted by Crippen LogP contribution is 2.17. The van der Waals surface area contributed by atoms with Gasteiger partial charge in [-0.25, -0.2) is 8.42 Å². The lowest BCUT2D eigenvalue weighted by Crippen LogP contribution is -2.14. The smallest absolute Gasteiger partial charge is 0.316 e. The van der Waals surface area contributed by atoms with E-state index in [1.54, 1.807) is 0 Å². The largest absolute Gasteiger partial charge is 0.353 e. The molecule has 0 aliphatic heterocycles. The molecule has 90 valence electrons. The highest BCUT2D eigenvalue weighted by Gasteiger charge is 2.21. The van der Waals surface area contributed by atoms with Crippen LogP contribution in [0.25, 0.3) is 0 Å². The van der Waals surface area contributed by atoms with Gasteiger partial charge in [0.05, 0.1) is 11.5 Å². The van der Waals surface area contributed by atoms with Crippen molar-refractivity contribution < 1.29 is 21.9 Å². The third-order valence-corrected chi connectivity index (χ3v) is 2.97. The van der Waals surface area contributed by atoms with Crippen molar-refractivity contribution >= 4 is 9.84 Å². The Morgan fingerprint density at radius 3 is 2.12 bits per heavy atom. The van der Waals surface area contributed by atoms with Crippen molar-refractivity contribution in [1.82, 2.24) is 0 Å². The van der Waals surface area contributed by atoms with E-state index in [2.05, 4.69) is 4.74 Å². The molecule has 0 bridgehead atoms. The lowest BCUT2D eigenvalue weighted by Gasteiger charge is -2.11. The quantitative estimate of drug-likeness (QED) is 0.823. The van der Waals surface area contributed by atoms with Crippen LogP contribution in [0.15, 0.2) is 29.2 Å². The molecule has 0 heterocycles. The van der Waals surface area contributed by atoms with E-state index in [-0.39, 0.29) is 11.5 Å². The van der Waals surface area contributed by atoms with E-state index in [0.717, 1.165) is 6.26 Å². The van der Waals surface area contributed by atoms with Crippen LogP contribution in [0.2, 0.25) is 0 Å². The Balaban J connectivity index is 2.73. The van der Waals surface area contributed by atoms with Gasteiger partial charge in [0.2, 0.25) is 0 Å². The monoisotopic (exact) mass is 250 g/mol. The van der Waals surface area contributed by atoms with E-state index in [0.29, 0.717) is 12.5 Å². The molecule has 0 saturated carbocycles. The van der Waals surface area contributed by atoms with Crippen LogP contribution in [-0.2, 0) is 21.2 Å². The molecule has 0 aromatic heterocycles. The zero-order chi connectivity index (χ0) is 12.4. The van der Waals surface area contributed by atoms with Crippen molar-refractivity contribution in [3.8, 4) is 0 Å². The molecular weight excluding hydrogens is 238 g/mol. The fraction of sp³-hybridized carbons (Fsp3) is 0.400. The Morgan fingerprint density at radius 2 is 1.75 bits per heavy atom. The van der Waals surface area contributed by atoms with Gasteiger partial charge in [-0.15, -0.1) is 0 Å². The molecule has 1 aromatic carbocycles. The SMILES string of the molecule is CC(F)(F)OCc1ccc(S(C)(=O)=O)cc1. The van der Waals surface area contributed by atoms with Crippen molar-refractivity contribution in [3.05, 3.63) is 29.8 Å². The molecule has 1 aromatic rings. The molecule has 0 fully saturated rings. The lowest BCUT2D eigenvalue weighted by atomic mass is 10.2. The molecule has 0 amide bonds. The molecule has 3 nitrogen and oxygen atoms in total. The molecule has 0 N–H and O–H groups in total. The molecule has 0 spiro atoms. The molecule has 0 atom stereocenters. The third kappa shape index (κ3) is 4.24. The van der Waals surface area contributed by atoms with Crippen LogP contribution in [0.1, 0.15) is 12.5 Å². The summed E-state index contributed by atoms with van der Waals surface area (Å²) in [4.78, 5) is 0.152. The van der Waals surface area contributed by atoms with E-state index >= 15 is 0 Å². The molecule has 0 unspecified atom stereocenters. The van der Waals surface area contributed by atoms with E-state index < -0.39 is 15.9 Å². The fourth-order valence-corrected chi connectivity index (χ4v) is 1.67. The van der Waals surface area contributed by atoms with Gasteiger partial charge in [0.15, 0.2) is 9.84 Å². The fourth-order valence-electron chi connectivity index (χ4n) is 1.04. The van der Waals surface area contributed by atoms with Crippen molar-refractivity contribution in [3.63, 3.8) is 0 Å². The van der Waals surface area contributed by atoms with Crippen molar-refractivity contribution in [2.75, 3.05) is 6.26 Å². The van der Waals surface area contributed by atoms with Gasteiger partial charge in [-0.2, -0.15) is 8.78 Å². The van der Waals surface area contributed by atoms with E-state index in [1.807, 2.05) is 0 Å². The number of halogens is 2. The molecule has 0 saturated heterocycles. The summed E-state index contributed by atoms with van der Waals surface area (Å²) in [6.07, 6.45) is -2.10. The second-order valence-electron chi connectivity index (χ2n) is 3.51. The number of sulfone groups is 1. The molecular formula is C10H12F2O3S. The number of rotatable bonds is 4. The second kappa shape index (κ2) is 4.47. The summed E-state index contributed by atoms with van der Waals surface area (Å²) in [6.45, 7) is 0.394. The van der Waals surface area contributed by atoms with Crippen LogP contribution in [0.3, 0.4) is 0 Å². The molecule has 6 heteroatoms. The van der Waals surface area contributed by atoms with Crippen LogP contribution >= 0.6 is 0 Å². The third-order valence-electron chi connectivity index (χ3n) is 1.84. The number of benzene rings is 1. The summed E-state index contributed by atoms with van der Waals surface area (Å²) in [7, 11) is -3.25. The Labute approximate surface area is 93.0 Å². The van der Waals surface area contributed by atoms with Gasteiger partial charge in [-0.05, 0) is 17.7 Å². The summed E-state index contributed by atoms with van der Waals surface area (Å²) >= 11 is 0. The number of hydrogen-bond acceptors (Lipinski definition) is 3. The van der Waals surface area contributed by atoms with E-state index in [4.69, 9.17) is 0 Å². The van der Waals surface area contributed by atoms with Gasteiger partial charge in [0, 0.05) is 13.2 Å². The summed E-state index contributed by atoms with van der Waals surface area (Å²) in [6, 6.07) is 5.62. The number of ether oxygens (including phenoxy) is 1. The van der Waals surface area contributed by atoms with E-state index in [1.165, 1.54) is 24.3 Å². The maximum absolute atomic E-state index is 12.4. The lowest BCUT2D eigenvalue weighted by molar-refractivity contribution is -0.231. The average molecular weight is 250 g/mol. The standard InChI is InChI=1S/C10H12F2O3S/c1-10(11,12)15-7-8-3-5-9(6-4-8)16(2,13)14/h3-6H,7H2,1-2H3. The molecule has 0 aliphatic rings. The minimum absolute atomic E-state index is 0.152. The highest BCUT2D eigenvalue weighted by atomic mass is 32.2. The Kier molecular flexibility index (Phi) is 3.64. The summed E-state index contributed by atoms with van der Waals surface area (Å²) in [5, 5.41) is 0. The van der Waals surface area contributed by atoms with Crippen LogP contribution in [0.5, 0.6) is 0 Å². The number of hydrogen-bond donors (Lipinski definition) is 0. The van der Waals surface area contributed by atoms with Crippen molar-refractivity contribution in [2.45, 2.75) is 24.5 Å². The zero-order valence-corrected chi connectivity index (χ0v) is 9.72. The van der Waals surface area contributed by atoms with Crippen LogP contribution < -0.4 is 0 Å². The van der Waals surface area contributed by atoms with Crippen molar-refractivity contribution in [1.29, 1.82) is 0 Å². The molecule has 0 aliphatic carbocycles. The summed E-state index contributed by atoms with van der Waals surface area (Å²) in [5.74, 6) is 0. The first-order chi connectivity index (χ1) is 7.18. The topological polar surface area (TPSA) is 43.4 Å². The van der Waals surface area contributed by atoms with Crippen LogP contribution in [0.4, 0.5) is 8.78 Å². The predicted molar refractivity (Wildman–Crippen MR) is 55.0 cm³/mol. The number of alkyl halides is 2. The maximum atomic E-state index is 12.4. The normalized spacial score (nSPS) is 12.8. The van der Waals surface area contributed by atoms with Crippen molar-refractivity contribution in [2.24, 2.45) is 0 Å². The molecule has 16 heavy (non-hydrogen) atoms. The first-order valence-corrected chi connectivity index (χ1v) is 6.38. The molecule has 1 rings (SSSR count). The summed E-state index contributed by atoms with van der Waals surface area (Å²) < 4.78 is 51.2. The second-order valence-corrected chi connectivity index (χ2v) is 5.53. The first kappa shape index (κ1) is 13.1. The minimum atomic E-state index is -3.25. The predicted octanol–water partition coefficient (Wildman–Crippen LogP) is 2.22. The Morgan fingerprint density at radius 1 is 1.25 bits per heavy atom. The van der Waals surface area contributed by atoms with Gasteiger partial charge in [-0.3, -0.25) is 0 Å². The Bertz CT molecular complexity index is 446. The van der Waals surface area contributed by atoms with Gasteiger partial charge < -0.3 is 4.74 Å². The van der Waals surface area contributed by atoms with Crippen LogP contribution in [0, 0.1) is 0 Å². The molecule has 0 radical (unpaired) electrons. The Hall–Kier alpha value is -1.01. The summed E-state index contributed by atoms with van der Waals surface area (Å²) in [5.41, 5.74) is 0.494. The van der Waals surface area contributed by atoms with Gasteiger partial charge in [-0.1, -0.05) is 12.1 Å². The first-order valence-electron chi connectivity index (χ1n) is 4.49. The highest BCUT2D eigenvalue weighted by molar-refractivity contribution is 7.90. The van der Waals surface area contributed by atoms with E-state index in [9.17, 15) is 17.2 Å². The zero-order valence-electron chi connectivity index (χ0n) is 8.91. The van der Waals surface area contributed by atoms with Gasteiger partial charge in [0.25, 0.3) is 0 Å². The van der Waals surface area contributed by atoms with Gasteiger partial charge >= 0.3 is 6.11 Å².